The molecule has 72 valence electrons. The smallest absolute Gasteiger partial charge is 0.176 e. The highest BCUT2D eigenvalue weighted by Crippen LogP contribution is 2.27. The Kier molecular flexibility index (Phi) is 2.22. The lowest BCUT2D eigenvalue weighted by Gasteiger charge is -2.04. The van der Waals surface area contributed by atoms with Gasteiger partial charge in [-0.3, -0.25) is 0 Å². The van der Waals surface area contributed by atoms with Crippen molar-refractivity contribution in [2.24, 2.45) is 7.05 Å². The molecular weight excluding hydrogens is 172 g/mol. The van der Waals surface area contributed by atoms with Crippen molar-refractivity contribution in [3.05, 3.63) is 42.2 Å². The second-order valence-electron chi connectivity index (χ2n) is 3.62. The van der Waals surface area contributed by atoms with Gasteiger partial charge in [-0.1, -0.05) is 25.3 Å². The zero-order valence-electron chi connectivity index (χ0n) is 8.46. The van der Waals surface area contributed by atoms with Crippen LogP contribution in [0.4, 0.5) is 0 Å². The second kappa shape index (κ2) is 3.39. The molecule has 1 aliphatic rings. The van der Waals surface area contributed by atoms with Crippen LogP contribution in [0.5, 0.6) is 0 Å². The molecule has 0 spiro atoms. The molecule has 1 fully saturated rings. The number of nitrogens with zero attached hydrogens (tertiary/aromatic N) is 1. The molecule has 0 aromatic carbocycles. The molecule has 1 saturated heterocycles. The first-order chi connectivity index (χ1) is 6.76. The molecule has 0 aliphatic carbocycles. The molecule has 1 aromatic heterocycles. The molecule has 2 nitrogen and oxygen atoms in total. The quantitative estimate of drug-likeness (QED) is 0.562. The molecule has 0 amide bonds. The van der Waals surface area contributed by atoms with Crippen LogP contribution in [0, 0.1) is 0 Å². The van der Waals surface area contributed by atoms with Gasteiger partial charge in [-0.2, -0.15) is 0 Å². The first-order valence-electron chi connectivity index (χ1n) is 4.77. The SMILES string of the molecule is C=Cc1c[n+](C)cc(C2CN2)c1C=C. The van der Waals surface area contributed by atoms with Crippen LogP contribution >= 0.6 is 0 Å². The van der Waals surface area contributed by atoms with E-state index < -0.39 is 0 Å². The Bertz CT molecular complexity index is 390. The van der Waals surface area contributed by atoms with Gasteiger partial charge in [0.25, 0.3) is 0 Å². The Morgan fingerprint density at radius 2 is 2.14 bits per heavy atom. The summed E-state index contributed by atoms with van der Waals surface area (Å²) in [5, 5.41) is 3.31. The van der Waals surface area contributed by atoms with Crippen LogP contribution in [0.25, 0.3) is 12.2 Å². The fraction of sp³-hybridized carbons (Fsp3) is 0.250. The van der Waals surface area contributed by atoms with Gasteiger partial charge in [0, 0.05) is 17.7 Å². The number of hydrogen-bond acceptors (Lipinski definition) is 1. The average Bonchev–Trinajstić information content (AvgIpc) is 2.99. The summed E-state index contributed by atoms with van der Waals surface area (Å²) in [6.07, 6.45) is 8.00. The van der Waals surface area contributed by atoms with Gasteiger partial charge >= 0.3 is 0 Å². The van der Waals surface area contributed by atoms with Crippen molar-refractivity contribution in [2.45, 2.75) is 6.04 Å². The van der Waals surface area contributed by atoms with E-state index in [1.807, 2.05) is 19.2 Å². The van der Waals surface area contributed by atoms with E-state index in [1.165, 1.54) is 11.1 Å². The summed E-state index contributed by atoms with van der Waals surface area (Å²) in [7, 11) is 2.03. The summed E-state index contributed by atoms with van der Waals surface area (Å²) in [4.78, 5) is 0. The predicted octanol–water partition coefficient (Wildman–Crippen LogP) is 1.44. The third-order valence-electron chi connectivity index (χ3n) is 2.52. The normalized spacial score (nSPS) is 19.1. The monoisotopic (exact) mass is 187 g/mol. The van der Waals surface area contributed by atoms with Crippen LogP contribution in [-0.4, -0.2) is 6.54 Å². The van der Waals surface area contributed by atoms with E-state index in [4.69, 9.17) is 0 Å². The first-order valence-corrected chi connectivity index (χ1v) is 4.77. The van der Waals surface area contributed by atoms with Crippen molar-refractivity contribution >= 4 is 12.2 Å². The van der Waals surface area contributed by atoms with Gasteiger partial charge in [-0.05, 0) is 5.56 Å². The van der Waals surface area contributed by atoms with Crippen molar-refractivity contribution in [3.8, 4) is 0 Å². The van der Waals surface area contributed by atoms with Gasteiger partial charge in [0.15, 0.2) is 12.4 Å². The molecule has 0 saturated carbocycles. The van der Waals surface area contributed by atoms with E-state index in [-0.39, 0.29) is 0 Å². The van der Waals surface area contributed by atoms with Crippen LogP contribution < -0.4 is 9.88 Å². The fourth-order valence-electron chi connectivity index (χ4n) is 1.74. The number of aryl methyl sites for hydroxylation is 1. The number of nitrogens with one attached hydrogen (secondary N) is 1. The molecule has 1 aliphatic heterocycles. The molecule has 2 heterocycles. The van der Waals surface area contributed by atoms with E-state index in [0.717, 1.165) is 12.1 Å². The van der Waals surface area contributed by atoms with Crippen molar-refractivity contribution in [1.82, 2.24) is 5.32 Å². The topological polar surface area (TPSA) is 25.8 Å². The van der Waals surface area contributed by atoms with Gasteiger partial charge in [0.1, 0.15) is 7.05 Å². The summed E-state index contributed by atoms with van der Waals surface area (Å²) in [5.41, 5.74) is 3.67. The van der Waals surface area contributed by atoms with Crippen molar-refractivity contribution in [2.75, 3.05) is 6.54 Å². The van der Waals surface area contributed by atoms with Crippen LogP contribution in [0.15, 0.2) is 25.6 Å². The minimum atomic E-state index is 0.508. The number of aromatic nitrogens is 1. The summed E-state index contributed by atoms with van der Waals surface area (Å²) >= 11 is 0. The van der Waals surface area contributed by atoms with E-state index in [1.54, 1.807) is 0 Å². The van der Waals surface area contributed by atoms with E-state index in [2.05, 4.69) is 35.4 Å². The molecule has 1 aromatic rings. The summed E-state index contributed by atoms with van der Waals surface area (Å²) in [5.74, 6) is 0. The van der Waals surface area contributed by atoms with Crippen LogP contribution in [0.3, 0.4) is 0 Å². The maximum absolute atomic E-state index is 3.86. The minimum absolute atomic E-state index is 0.508. The van der Waals surface area contributed by atoms with E-state index >= 15 is 0 Å². The van der Waals surface area contributed by atoms with Crippen LogP contribution in [0.1, 0.15) is 22.7 Å². The largest absolute Gasteiger partial charge is 0.307 e. The lowest BCUT2D eigenvalue weighted by Crippen LogP contribution is -2.28. The standard InChI is InChI=1S/C12H15N2/c1-4-9-7-14(3)8-11(10(9)5-2)12-6-13-12/h4-5,7-8,12-13H,1-2,6H2,3H3/q+1. The minimum Gasteiger partial charge on any atom is -0.307 e. The zero-order valence-corrected chi connectivity index (χ0v) is 8.46. The van der Waals surface area contributed by atoms with Crippen molar-refractivity contribution in [3.63, 3.8) is 0 Å². The molecule has 2 rings (SSSR count). The van der Waals surface area contributed by atoms with Gasteiger partial charge < -0.3 is 5.32 Å². The highest BCUT2D eigenvalue weighted by Gasteiger charge is 2.27. The Morgan fingerprint density at radius 3 is 2.64 bits per heavy atom. The van der Waals surface area contributed by atoms with Gasteiger partial charge in [0.05, 0.1) is 6.04 Å². The lowest BCUT2D eigenvalue weighted by molar-refractivity contribution is -0.672. The van der Waals surface area contributed by atoms with Crippen LogP contribution in [0.2, 0.25) is 0 Å². The Labute approximate surface area is 84.6 Å². The maximum atomic E-state index is 3.86. The lowest BCUT2D eigenvalue weighted by atomic mass is 10.0. The van der Waals surface area contributed by atoms with Gasteiger partial charge in [0.2, 0.25) is 0 Å². The third kappa shape index (κ3) is 1.49. The second-order valence-corrected chi connectivity index (χ2v) is 3.62. The summed E-state index contributed by atoms with van der Waals surface area (Å²) in [6.45, 7) is 8.75. The van der Waals surface area contributed by atoms with E-state index in [0.29, 0.717) is 6.04 Å². The maximum Gasteiger partial charge on any atom is 0.176 e. The highest BCUT2D eigenvalue weighted by molar-refractivity contribution is 5.65. The van der Waals surface area contributed by atoms with Crippen molar-refractivity contribution < 1.29 is 4.57 Å². The predicted molar refractivity (Wildman–Crippen MR) is 58.5 cm³/mol. The fourth-order valence-corrected chi connectivity index (χ4v) is 1.74. The molecule has 1 atom stereocenters. The van der Waals surface area contributed by atoms with E-state index in [9.17, 15) is 0 Å². The zero-order chi connectivity index (χ0) is 10.1. The molecule has 0 bridgehead atoms. The molecular formula is C12H15N2+. The molecule has 14 heavy (non-hydrogen) atoms. The van der Waals surface area contributed by atoms with Crippen LogP contribution in [-0.2, 0) is 7.05 Å². The van der Waals surface area contributed by atoms with Gasteiger partial charge in [-0.25, -0.2) is 4.57 Å². The summed E-state index contributed by atoms with van der Waals surface area (Å²) < 4.78 is 2.07. The van der Waals surface area contributed by atoms with Gasteiger partial charge in [-0.15, -0.1) is 0 Å². The first kappa shape index (κ1) is 9.16. The number of pyridine rings is 1. The molecule has 2 heteroatoms. The van der Waals surface area contributed by atoms with Crippen molar-refractivity contribution in [1.29, 1.82) is 0 Å². The third-order valence-corrected chi connectivity index (χ3v) is 2.52. The Balaban J connectivity index is 2.60. The Hall–Kier alpha value is -1.41. The number of hydrogen-bond donors (Lipinski definition) is 1. The Morgan fingerprint density at radius 1 is 1.43 bits per heavy atom. The molecule has 1 unspecified atom stereocenters. The highest BCUT2D eigenvalue weighted by atomic mass is 15.1. The summed E-state index contributed by atoms with van der Waals surface area (Å²) in [6, 6.07) is 0.508. The average molecular weight is 187 g/mol. The number of rotatable bonds is 3. The molecule has 1 N–H and O–H groups in total. The molecule has 0 radical (unpaired) electrons.